The number of alkyl halides is 6. The molecule has 2 aliphatic heterocycles. The number of fused-ring (bicyclic) bond motifs is 2. The molecule has 12 nitrogen and oxygen atoms in total. The zero-order valence-electron chi connectivity index (χ0n) is 21.4. The van der Waals surface area contributed by atoms with E-state index in [2.05, 4.69) is 8.57 Å². The predicted molar refractivity (Wildman–Crippen MR) is 126 cm³/mol. The van der Waals surface area contributed by atoms with Crippen LogP contribution in [0.15, 0.2) is 58.3 Å². The highest BCUT2D eigenvalue weighted by molar-refractivity contribution is 7.87. The van der Waals surface area contributed by atoms with Crippen LogP contribution in [-0.4, -0.2) is 50.6 Å². The Morgan fingerprint density at radius 3 is 1.14 bits per heavy atom. The van der Waals surface area contributed by atoms with E-state index in [0.717, 1.165) is 24.3 Å². The second-order valence-corrected chi connectivity index (χ2v) is 13.0. The van der Waals surface area contributed by atoms with Gasteiger partial charge in [0.1, 0.15) is 0 Å². The lowest BCUT2D eigenvalue weighted by Crippen LogP contribution is -2.35. The normalized spacial score (nSPS) is 24.6. The maximum absolute atomic E-state index is 13.0. The number of carbonyl (C=O) groups excluding carboxylic acids is 4. The van der Waals surface area contributed by atoms with E-state index in [1.54, 1.807) is 0 Å². The lowest BCUT2D eigenvalue weighted by atomic mass is 9.70. The number of imide groups is 2. The largest absolute Gasteiger partial charge is 0.416 e. The summed E-state index contributed by atoms with van der Waals surface area (Å²) in [6.07, 6.45) is -11.0. The Morgan fingerprint density at radius 2 is 0.864 bits per heavy atom. The fourth-order valence-electron chi connectivity index (χ4n) is 5.20. The van der Waals surface area contributed by atoms with E-state index in [-0.39, 0.29) is 22.3 Å². The van der Waals surface area contributed by atoms with Crippen LogP contribution in [0.1, 0.15) is 24.0 Å². The number of nitrogens with zero attached hydrogens (tertiary/aromatic N) is 2. The molecular weight excluding hydrogens is 654 g/mol. The van der Waals surface area contributed by atoms with Crippen LogP contribution in [-0.2, 0) is 60.3 Å². The van der Waals surface area contributed by atoms with Gasteiger partial charge >= 0.3 is 32.6 Å². The highest BCUT2D eigenvalue weighted by atomic mass is 32.2. The van der Waals surface area contributed by atoms with Gasteiger partial charge in [-0.05, 0) is 49.2 Å². The van der Waals surface area contributed by atoms with Crippen molar-refractivity contribution >= 4 is 43.9 Å². The quantitative estimate of drug-likeness (QED) is 0.330. The Labute approximate surface area is 243 Å². The van der Waals surface area contributed by atoms with E-state index in [1.807, 2.05) is 0 Å². The fourth-order valence-corrected chi connectivity index (χ4v) is 7.09. The Hall–Kier alpha value is -3.88. The van der Waals surface area contributed by atoms with Gasteiger partial charge in [0, 0.05) is 0 Å². The molecule has 3 fully saturated rings. The first-order valence-corrected chi connectivity index (χ1v) is 15.0. The summed E-state index contributed by atoms with van der Waals surface area (Å²) in [6, 6.07) is 4.56. The summed E-state index contributed by atoms with van der Waals surface area (Å²) in [7, 11) is -10.3. The smallest absolute Gasteiger partial charge is 0.272 e. The first-order valence-electron chi connectivity index (χ1n) is 12.2. The molecule has 20 heteroatoms. The minimum Gasteiger partial charge on any atom is -0.272 e. The maximum atomic E-state index is 13.0. The summed E-state index contributed by atoms with van der Waals surface area (Å²) in [5.74, 6) is -10.9. The molecule has 1 aliphatic carbocycles. The van der Waals surface area contributed by atoms with Crippen molar-refractivity contribution < 1.29 is 70.9 Å². The molecule has 0 aromatic heterocycles. The average Bonchev–Trinajstić information content (AvgIpc) is 3.30. The van der Waals surface area contributed by atoms with Crippen LogP contribution in [0.3, 0.4) is 0 Å². The molecule has 0 N–H and O–H groups in total. The molecule has 0 spiro atoms. The standard InChI is InChI=1S/C24H16F6N2O10S2/c25-23(26,27)11-3-1-5-13(7-11)43(37,38)41-31-19(33)15-9-17-18(10-16(15)20(31)34)22(36)32(21(17)35)42-44(39,40)14-6-2-4-12(8-14)24(28,29)30/h1-8,15-18H,9-10H2. The summed E-state index contributed by atoms with van der Waals surface area (Å²) in [5, 5.41) is -0.347. The molecule has 3 aliphatic rings. The number of rotatable bonds is 6. The molecule has 236 valence electrons. The number of amides is 4. The van der Waals surface area contributed by atoms with Crippen molar-refractivity contribution in [2.45, 2.75) is 35.0 Å². The zero-order chi connectivity index (χ0) is 32.6. The molecule has 4 unspecified atom stereocenters. The highest BCUT2D eigenvalue weighted by Crippen LogP contribution is 2.48. The Bertz CT molecular complexity index is 1640. The van der Waals surface area contributed by atoms with Crippen molar-refractivity contribution in [1.29, 1.82) is 0 Å². The van der Waals surface area contributed by atoms with Crippen molar-refractivity contribution in [3.63, 3.8) is 0 Å². The van der Waals surface area contributed by atoms with Gasteiger partial charge in [-0.2, -0.15) is 43.2 Å². The molecule has 2 heterocycles. The SMILES string of the molecule is O=C1C2CC3C(=O)N(OS(=O)(=O)c4cccc(C(F)(F)F)c4)C(=O)C3CC2C(=O)N1OS(=O)(=O)c1cccc(C(F)(F)F)c1. The van der Waals surface area contributed by atoms with Crippen LogP contribution >= 0.6 is 0 Å². The number of hydroxylamine groups is 4. The van der Waals surface area contributed by atoms with E-state index in [0.29, 0.717) is 12.1 Å². The van der Waals surface area contributed by atoms with Crippen LogP contribution in [0.25, 0.3) is 0 Å². The van der Waals surface area contributed by atoms with Crippen molar-refractivity contribution in [2.75, 3.05) is 0 Å². The predicted octanol–water partition coefficient (Wildman–Crippen LogP) is 2.66. The number of benzene rings is 2. The van der Waals surface area contributed by atoms with E-state index >= 15 is 0 Å². The van der Waals surface area contributed by atoms with Crippen LogP contribution in [0.2, 0.25) is 0 Å². The molecule has 44 heavy (non-hydrogen) atoms. The summed E-state index contributed by atoms with van der Waals surface area (Å²) in [4.78, 5) is 49.9. The molecule has 5 rings (SSSR count). The fraction of sp³-hybridized carbons (Fsp3) is 0.333. The summed E-state index contributed by atoms with van der Waals surface area (Å²) in [6.45, 7) is 0. The van der Waals surface area contributed by atoms with E-state index < -0.39 is 114 Å². The van der Waals surface area contributed by atoms with E-state index in [4.69, 9.17) is 0 Å². The summed E-state index contributed by atoms with van der Waals surface area (Å²) < 4.78 is 138. The van der Waals surface area contributed by atoms with Crippen LogP contribution in [0.4, 0.5) is 26.3 Å². The van der Waals surface area contributed by atoms with Gasteiger partial charge in [-0.25, -0.2) is 0 Å². The summed E-state index contributed by atoms with van der Waals surface area (Å²) in [5.41, 5.74) is -2.72. The molecule has 2 saturated heterocycles. The minimum absolute atomic E-state index is 0.173. The van der Waals surface area contributed by atoms with Crippen molar-refractivity contribution in [3.05, 3.63) is 59.7 Å². The minimum atomic E-state index is -5.16. The number of hydrogen-bond acceptors (Lipinski definition) is 10. The zero-order valence-corrected chi connectivity index (χ0v) is 23.0. The van der Waals surface area contributed by atoms with Gasteiger partial charge in [0.05, 0.1) is 44.6 Å². The lowest BCUT2D eigenvalue weighted by molar-refractivity contribution is -0.166. The number of carbonyl (C=O) groups is 4. The summed E-state index contributed by atoms with van der Waals surface area (Å²) >= 11 is 0. The van der Waals surface area contributed by atoms with Crippen molar-refractivity contribution in [2.24, 2.45) is 23.7 Å². The van der Waals surface area contributed by atoms with Crippen LogP contribution < -0.4 is 0 Å². The topological polar surface area (TPSA) is 161 Å². The number of halogens is 6. The molecule has 2 aromatic rings. The molecule has 0 radical (unpaired) electrons. The molecular formula is C24H16F6N2O10S2. The van der Waals surface area contributed by atoms with Gasteiger partial charge in [-0.3, -0.25) is 19.2 Å². The van der Waals surface area contributed by atoms with E-state index in [9.17, 15) is 62.4 Å². The molecule has 2 aromatic carbocycles. The molecule has 4 atom stereocenters. The first kappa shape index (κ1) is 31.5. The lowest BCUT2D eigenvalue weighted by Gasteiger charge is -2.27. The average molecular weight is 671 g/mol. The van der Waals surface area contributed by atoms with Crippen LogP contribution in [0, 0.1) is 23.7 Å². The molecule has 0 bridgehead atoms. The van der Waals surface area contributed by atoms with Gasteiger partial charge in [-0.1, -0.05) is 12.1 Å². The third-order valence-corrected chi connectivity index (χ3v) is 9.66. The monoisotopic (exact) mass is 670 g/mol. The second kappa shape index (κ2) is 10.3. The first-order chi connectivity index (χ1) is 20.2. The Morgan fingerprint density at radius 1 is 0.568 bits per heavy atom. The number of hydrogen-bond donors (Lipinski definition) is 0. The van der Waals surface area contributed by atoms with Crippen LogP contribution in [0.5, 0.6) is 0 Å². The van der Waals surface area contributed by atoms with Crippen molar-refractivity contribution in [3.8, 4) is 0 Å². The Kier molecular flexibility index (Phi) is 7.42. The third-order valence-electron chi connectivity index (χ3n) is 7.30. The van der Waals surface area contributed by atoms with Gasteiger partial charge in [0.2, 0.25) is 0 Å². The molecule has 4 amide bonds. The highest BCUT2D eigenvalue weighted by Gasteiger charge is 2.62. The van der Waals surface area contributed by atoms with Gasteiger partial charge in [0.15, 0.2) is 0 Å². The third kappa shape index (κ3) is 5.46. The Balaban J connectivity index is 1.33. The van der Waals surface area contributed by atoms with Gasteiger partial charge in [-0.15, -0.1) is 18.7 Å². The van der Waals surface area contributed by atoms with Gasteiger partial charge in [0.25, 0.3) is 23.6 Å². The van der Waals surface area contributed by atoms with Crippen molar-refractivity contribution in [1.82, 2.24) is 10.1 Å². The molecule has 1 saturated carbocycles. The second-order valence-electron chi connectivity index (χ2n) is 9.95. The van der Waals surface area contributed by atoms with E-state index in [1.165, 1.54) is 0 Å². The van der Waals surface area contributed by atoms with Gasteiger partial charge < -0.3 is 0 Å². The maximum Gasteiger partial charge on any atom is 0.416 e.